The van der Waals surface area contributed by atoms with Crippen LogP contribution in [0.5, 0.6) is 0 Å². The Bertz CT molecular complexity index is 981. The van der Waals surface area contributed by atoms with E-state index >= 15 is 0 Å². The van der Waals surface area contributed by atoms with Crippen molar-refractivity contribution in [2.24, 2.45) is 0 Å². The van der Waals surface area contributed by atoms with Crippen molar-refractivity contribution < 1.29 is 0 Å². The summed E-state index contributed by atoms with van der Waals surface area (Å²) in [5, 5.41) is 5.18. The number of rotatable bonds is 2. The minimum atomic E-state index is 1.23. The third kappa shape index (κ3) is 2.96. The Balaban J connectivity index is 1.69. The highest BCUT2D eigenvalue weighted by atomic mass is 14.0. The van der Waals surface area contributed by atoms with Gasteiger partial charge < -0.3 is 0 Å². The molecule has 0 radical (unpaired) electrons. The Morgan fingerprint density at radius 3 is 1.33 bits per heavy atom. The summed E-state index contributed by atoms with van der Waals surface area (Å²) in [6.07, 6.45) is 4.39. The molecule has 0 atom stereocenters. The van der Waals surface area contributed by atoms with Crippen LogP contribution in [0.2, 0.25) is 0 Å². The molecule has 0 fully saturated rings. The average molecular weight is 308 g/mol. The van der Waals surface area contributed by atoms with Crippen molar-refractivity contribution in [3.8, 4) is 0 Å². The number of aryl methyl sites for hydroxylation is 2. The molecule has 4 aromatic carbocycles. The normalized spacial score (nSPS) is 11.6. The van der Waals surface area contributed by atoms with E-state index in [9.17, 15) is 0 Å². The Labute approximate surface area is 143 Å². The SMILES string of the molecule is Cc1ccc2ccc(/C=C/c3ccc4ccc(C)cc4c3)cc2c1. The van der Waals surface area contributed by atoms with Crippen LogP contribution in [0.15, 0.2) is 72.8 Å². The van der Waals surface area contributed by atoms with Crippen molar-refractivity contribution in [3.63, 3.8) is 0 Å². The first-order valence-electron chi connectivity index (χ1n) is 8.36. The lowest BCUT2D eigenvalue weighted by Crippen LogP contribution is -1.79. The zero-order chi connectivity index (χ0) is 16.5. The van der Waals surface area contributed by atoms with Gasteiger partial charge in [-0.25, -0.2) is 0 Å². The molecule has 0 aliphatic carbocycles. The van der Waals surface area contributed by atoms with Gasteiger partial charge in [0.25, 0.3) is 0 Å². The molecule has 0 aromatic heterocycles. The Morgan fingerprint density at radius 1 is 0.458 bits per heavy atom. The first-order chi connectivity index (χ1) is 11.7. The molecule has 4 rings (SSSR count). The summed E-state index contributed by atoms with van der Waals surface area (Å²) in [7, 11) is 0. The molecule has 4 aromatic rings. The molecule has 0 saturated heterocycles. The van der Waals surface area contributed by atoms with Gasteiger partial charge in [0.15, 0.2) is 0 Å². The first kappa shape index (κ1) is 14.7. The molecule has 116 valence electrons. The molecule has 0 spiro atoms. The van der Waals surface area contributed by atoms with Crippen LogP contribution >= 0.6 is 0 Å². The maximum atomic E-state index is 2.25. The molecule has 0 unspecified atom stereocenters. The van der Waals surface area contributed by atoms with Crippen LogP contribution in [0.1, 0.15) is 22.3 Å². The van der Waals surface area contributed by atoms with Crippen molar-refractivity contribution in [1.29, 1.82) is 0 Å². The third-order valence-corrected chi connectivity index (χ3v) is 4.51. The van der Waals surface area contributed by atoms with Crippen molar-refractivity contribution in [1.82, 2.24) is 0 Å². The largest absolute Gasteiger partial charge is 0.0587 e. The average Bonchev–Trinajstić information content (AvgIpc) is 2.59. The lowest BCUT2D eigenvalue weighted by molar-refractivity contribution is 1.50. The topological polar surface area (TPSA) is 0 Å². The van der Waals surface area contributed by atoms with Crippen LogP contribution in [0.3, 0.4) is 0 Å². The molecule has 0 bridgehead atoms. The molecule has 0 amide bonds. The summed E-state index contributed by atoms with van der Waals surface area (Å²) in [6.45, 7) is 4.28. The van der Waals surface area contributed by atoms with Crippen molar-refractivity contribution in [3.05, 3.63) is 95.1 Å². The molecular weight excluding hydrogens is 288 g/mol. The molecule has 0 aliphatic heterocycles. The predicted molar refractivity (Wildman–Crippen MR) is 106 cm³/mol. The van der Waals surface area contributed by atoms with E-state index in [0.717, 1.165) is 0 Å². The van der Waals surface area contributed by atoms with E-state index in [1.54, 1.807) is 0 Å². The fourth-order valence-electron chi connectivity index (χ4n) is 3.17. The van der Waals surface area contributed by atoms with Gasteiger partial charge in [0.2, 0.25) is 0 Å². The van der Waals surface area contributed by atoms with E-state index in [1.165, 1.54) is 43.8 Å². The summed E-state index contributed by atoms with van der Waals surface area (Å²) in [5.74, 6) is 0. The van der Waals surface area contributed by atoms with Gasteiger partial charge in [-0.1, -0.05) is 83.9 Å². The molecular formula is C24H20. The van der Waals surface area contributed by atoms with Crippen molar-refractivity contribution in [2.75, 3.05) is 0 Å². The highest BCUT2D eigenvalue weighted by Gasteiger charge is 1.97. The molecule has 0 heterocycles. The monoisotopic (exact) mass is 308 g/mol. The fourth-order valence-corrected chi connectivity index (χ4v) is 3.17. The highest BCUT2D eigenvalue weighted by molar-refractivity contribution is 5.88. The summed E-state index contributed by atoms with van der Waals surface area (Å²) in [4.78, 5) is 0. The number of hydrogen-bond donors (Lipinski definition) is 0. The molecule has 0 heteroatoms. The van der Waals surface area contributed by atoms with Crippen LogP contribution < -0.4 is 0 Å². The predicted octanol–water partition coefficient (Wildman–Crippen LogP) is 6.78. The number of hydrogen-bond acceptors (Lipinski definition) is 0. The minimum Gasteiger partial charge on any atom is -0.0587 e. The van der Waals surface area contributed by atoms with Gasteiger partial charge in [-0.2, -0.15) is 0 Å². The van der Waals surface area contributed by atoms with Gasteiger partial charge in [0, 0.05) is 0 Å². The maximum absolute atomic E-state index is 2.25. The fraction of sp³-hybridized carbons (Fsp3) is 0.0833. The van der Waals surface area contributed by atoms with E-state index in [2.05, 4.69) is 98.8 Å². The molecule has 24 heavy (non-hydrogen) atoms. The second-order valence-electron chi connectivity index (χ2n) is 6.55. The van der Waals surface area contributed by atoms with Crippen LogP contribution in [-0.2, 0) is 0 Å². The molecule has 0 aliphatic rings. The smallest absolute Gasteiger partial charge is 0.0175 e. The standard InChI is InChI=1S/C24H20/c1-17-3-9-21-11-7-19(15-23(21)13-17)5-6-20-8-12-22-10-4-18(2)14-24(22)16-20/h3-16H,1-2H3/b6-5+. The van der Waals surface area contributed by atoms with Gasteiger partial charge in [0.05, 0.1) is 0 Å². The van der Waals surface area contributed by atoms with Crippen LogP contribution in [0, 0.1) is 13.8 Å². The summed E-state index contributed by atoms with van der Waals surface area (Å²) in [6, 6.07) is 26.4. The number of fused-ring (bicyclic) bond motifs is 2. The minimum absolute atomic E-state index is 1.23. The van der Waals surface area contributed by atoms with Crippen LogP contribution in [0.25, 0.3) is 33.7 Å². The van der Waals surface area contributed by atoms with Crippen molar-refractivity contribution >= 4 is 33.7 Å². The van der Waals surface area contributed by atoms with Gasteiger partial charge in [0.1, 0.15) is 0 Å². The molecule has 0 nitrogen and oxygen atoms in total. The first-order valence-corrected chi connectivity index (χ1v) is 8.36. The number of benzene rings is 4. The van der Waals surface area contributed by atoms with Gasteiger partial charge >= 0.3 is 0 Å². The van der Waals surface area contributed by atoms with E-state index < -0.39 is 0 Å². The van der Waals surface area contributed by atoms with Crippen molar-refractivity contribution in [2.45, 2.75) is 13.8 Å². The van der Waals surface area contributed by atoms with Crippen LogP contribution in [0.4, 0.5) is 0 Å². The molecule has 0 N–H and O–H groups in total. The second-order valence-corrected chi connectivity index (χ2v) is 6.55. The Kier molecular flexibility index (Phi) is 3.66. The molecule has 0 saturated carbocycles. The maximum Gasteiger partial charge on any atom is -0.0175 e. The highest BCUT2D eigenvalue weighted by Crippen LogP contribution is 2.21. The summed E-state index contributed by atoms with van der Waals surface area (Å²) in [5.41, 5.74) is 5.07. The lowest BCUT2D eigenvalue weighted by Gasteiger charge is -2.03. The van der Waals surface area contributed by atoms with Gasteiger partial charge in [-0.3, -0.25) is 0 Å². The summed E-state index contributed by atoms with van der Waals surface area (Å²) >= 11 is 0. The Morgan fingerprint density at radius 2 is 0.875 bits per heavy atom. The van der Waals surface area contributed by atoms with Crippen LogP contribution in [-0.4, -0.2) is 0 Å². The lowest BCUT2D eigenvalue weighted by atomic mass is 10.0. The van der Waals surface area contributed by atoms with E-state index in [4.69, 9.17) is 0 Å². The van der Waals surface area contributed by atoms with E-state index in [0.29, 0.717) is 0 Å². The second kappa shape index (κ2) is 5.98. The van der Waals surface area contributed by atoms with E-state index in [1.807, 2.05) is 0 Å². The zero-order valence-electron chi connectivity index (χ0n) is 14.1. The summed E-state index contributed by atoms with van der Waals surface area (Å²) < 4.78 is 0. The Hall–Kier alpha value is -2.86. The zero-order valence-corrected chi connectivity index (χ0v) is 14.1. The van der Waals surface area contributed by atoms with Gasteiger partial charge in [-0.15, -0.1) is 0 Å². The van der Waals surface area contributed by atoms with E-state index in [-0.39, 0.29) is 0 Å². The quantitative estimate of drug-likeness (QED) is 0.358. The third-order valence-electron chi connectivity index (χ3n) is 4.51. The van der Waals surface area contributed by atoms with Gasteiger partial charge in [-0.05, 0) is 58.7 Å².